The van der Waals surface area contributed by atoms with Gasteiger partial charge >= 0.3 is 0 Å². The Morgan fingerprint density at radius 3 is 2.97 bits per heavy atom. The Kier molecular flexibility index (Phi) is 4.28. The first-order valence-electron chi connectivity index (χ1n) is 9.55. The van der Waals surface area contributed by atoms with Crippen molar-refractivity contribution in [2.45, 2.75) is 32.2 Å². The molecule has 0 saturated carbocycles. The minimum Gasteiger partial charge on any atom is -0.308 e. The molecule has 0 bridgehead atoms. The van der Waals surface area contributed by atoms with E-state index in [1.807, 2.05) is 46.3 Å². The third-order valence-electron chi connectivity index (χ3n) is 5.25. The summed E-state index contributed by atoms with van der Waals surface area (Å²) >= 11 is 1.56. The lowest BCUT2D eigenvalue weighted by Gasteiger charge is -2.15. The van der Waals surface area contributed by atoms with E-state index in [-0.39, 0.29) is 11.5 Å². The molecule has 5 rings (SSSR count). The van der Waals surface area contributed by atoms with Crippen molar-refractivity contribution in [1.29, 1.82) is 0 Å². The van der Waals surface area contributed by atoms with Gasteiger partial charge in [-0.15, -0.1) is 11.3 Å². The molecule has 1 aliphatic carbocycles. The number of anilines is 1. The van der Waals surface area contributed by atoms with Crippen LogP contribution in [0.2, 0.25) is 0 Å². The summed E-state index contributed by atoms with van der Waals surface area (Å²) in [4.78, 5) is 31.2. The lowest BCUT2D eigenvalue weighted by atomic mass is 10.2. The van der Waals surface area contributed by atoms with Crippen molar-refractivity contribution in [2.75, 3.05) is 5.32 Å². The number of carbonyl (C=O) groups excluding carboxylic acids is 1. The molecule has 29 heavy (non-hydrogen) atoms. The standard InChI is InChI=1S/C21H19N5O2S/c1-13(26-18(27)12-14-6-4-7-15(14)24-26)21(28)23-20-19(16-8-5-11-29-16)22-17-9-2-3-10-25(17)20/h2-3,5,8-13H,4,6-7H2,1H3,(H,23,28). The molecule has 0 saturated heterocycles. The van der Waals surface area contributed by atoms with Gasteiger partial charge in [0.2, 0.25) is 5.91 Å². The molecule has 1 unspecified atom stereocenters. The first kappa shape index (κ1) is 17.8. The zero-order valence-electron chi connectivity index (χ0n) is 15.8. The summed E-state index contributed by atoms with van der Waals surface area (Å²) in [6, 6.07) is 10.5. The number of aryl methyl sites for hydroxylation is 2. The molecule has 8 heteroatoms. The predicted molar refractivity (Wildman–Crippen MR) is 112 cm³/mol. The van der Waals surface area contributed by atoms with Gasteiger partial charge in [-0.2, -0.15) is 5.10 Å². The van der Waals surface area contributed by atoms with Crippen molar-refractivity contribution < 1.29 is 4.79 Å². The normalized spacial score (nSPS) is 14.1. The van der Waals surface area contributed by atoms with Crippen LogP contribution in [-0.2, 0) is 17.6 Å². The highest BCUT2D eigenvalue weighted by Crippen LogP contribution is 2.32. The number of pyridine rings is 1. The minimum absolute atomic E-state index is 0.245. The molecule has 1 amide bonds. The monoisotopic (exact) mass is 405 g/mol. The van der Waals surface area contributed by atoms with E-state index < -0.39 is 6.04 Å². The van der Waals surface area contributed by atoms with Crippen LogP contribution in [0, 0.1) is 0 Å². The maximum atomic E-state index is 13.1. The van der Waals surface area contributed by atoms with E-state index in [1.54, 1.807) is 24.3 Å². The second-order valence-electron chi connectivity index (χ2n) is 7.13. The van der Waals surface area contributed by atoms with Gasteiger partial charge in [0.05, 0.1) is 10.6 Å². The third-order valence-corrected chi connectivity index (χ3v) is 6.13. The topological polar surface area (TPSA) is 81.3 Å². The quantitative estimate of drug-likeness (QED) is 0.565. The molecule has 4 aromatic heterocycles. The molecule has 0 aromatic carbocycles. The van der Waals surface area contributed by atoms with Crippen LogP contribution in [0.25, 0.3) is 16.2 Å². The zero-order valence-corrected chi connectivity index (χ0v) is 16.6. The minimum atomic E-state index is -0.737. The molecular formula is C21H19N5O2S. The summed E-state index contributed by atoms with van der Waals surface area (Å²) in [5.74, 6) is 0.287. The molecule has 0 radical (unpaired) electrons. The van der Waals surface area contributed by atoms with Gasteiger partial charge in [0, 0.05) is 12.3 Å². The van der Waals surface area contributed by atoms with Gasteiger partial charge in [-0.25, -0.2) is 9.67 Å². The van der Waals surface area contributed by atoms with E-state index in [2.05, 4.69) is 15.4 Å². The lowest BCUT2D eigenvalue weighted by molar-refractivity contribution is -0.119. The van der Waals surface area contributed by atoms with E-state index in [0.717, 1.165) is 41.0 Å². The average molecular weight is 405 g/mol. The Labute approximate surface area is 170 Å². The van der Waals surface area contributed by atoms with Gasteiger partial charge in [0.15, 0.2) is 0 Å². The summed E-state index contributed by atoms with van der Waals surface area (Å²) in [5, 5.41) is 9.42. The fourth-order valence-electron chi connectivity index (χ4n) is 3.73. The molecule has 0 spiro atoms. The van der Waals surface area contributed by atoms with Crippen LogP contribution in [0.1, 0.15) is 30.6 Å². The highest BCUT2D eigenvalue weighted by molar-refractivity contribution is 7.13. The van der Waals surface area contributed by atoms with Crippen molar-refractivity contribution in [3.63, 3.8) is 0 Å². The molecule has 146 valence electrons. The van der Waals surface area contributed by atoms with Gasteiger partial charge in [0.1, 0.15) is 23.2 Å². The first-order valence-corrected chi connectivity index (χ1v) is 10.4. The molecular weight excluding hydrogens is 386 g/mol. The number of thiophene rings is 1. The summed E-state index contributed by atoms with van der Waals surface area (Å²) in [6.45, 7) is 1.69. The molecule has 1 atom stereocenters. The number of nitrogens with zero attached hydrogens (tertiary/aromatic N) is 4. The Morgan fingerprint density at radius 1 is 1.24 bits per heavy atom. The maximum absolute atomic E-state index is 13.1. The molecule has 4 aromatic rings. The number of hydrogen-bond acceptors (Lipinski definition) is 5. The highest BCUT2D eigenvalue weighted by Gasteiger charge is 2.24. The number of carbonyl (C=O) groups is 1. The number of imidazole rings is 1. The average Bonchev–Trinajstić information content (AvgIpc) is 3.46. The zero-order chi connectivity index (χ0) is 20.0. The van der Waals surface area contributed by atoms with Crippen molar-refractivity contribution in [1.82, 2.24) is 19.2 Å². The Bertz CT molecular complexity index is 1270. The Balaban J connectivity index is 1.52. The number of amides is 1. The van der Waals surface area contributed by atoms with Crippen molar-refractivity contribution in [3.05, 3.63) is 69.6 Å². The second kappa shape index (κ2) is 6.97. The highest BCUT2D eigenvalue weighted by atomic mass is 32.1. The molecule has 1 aliphatic rings. The van der Waals surface area contributed by atoms with Crippen LogP contribution < -0.4 is 10.9 Å². The number of fused-ring (bicyclic) bond motifs is 2. The van der Waals surface area contributed by atoms with Gasteiger partial charge in [-0.3, -0.25) is 14.0 Å². The van der Waals surface area contributed by atoms with E-state index in [4.69, 9.17) is 0 Å². The lowest BCUT2D eigenvalue weighted by Crippen LogP contribution is -2.34. The van der Waals surface area contributed by atoms with Crippen LogP contribution in [0.5, 0.6) is 0 Å². The first-order chi connectivity index (χ1) is 14.1. The molecule has 0 aliphatic heterocycles. The maximum Gasteiger partial charge on any atom is 0.267 e. The van der Waals surface area contributed by atoms with Crippen molar-refractivity contribution in [3.8, 4) is 10.6 Å². The van der Waals surface area contributed by atoms with E-state index in [0.29, 0.717) is 11.5 Å². The van der Waals surface area contributed by atoms with Crippen molar-refractivity contribution in [2.24, 2.45) is 0 Å². The van der Waals surface area contributed by atoms with Crippen LogP contribution in [0.15, 0.2) is 52.8 Å². The number of hydrogen-bond donors (Lipinski definition) is 1. The fourth-order valence-corrected chi connectivity index (χ4v) is 4.44. The van der Waals surface area contributed by atoms with Crippen LogP contribution >= 0.6 is 11.3 Å². The Morgan fingerprint density at radius 2 is 2.14 bits per heavy atom. The van der Waals surface area contributed by atoms with Crippen LogP contribution in [0.4, 0.5) is 5.82 Å². The molecule has 0 fully saturated rings. The number of rotatable bonds is 4. The van der Waals surface area contributed by atoms with Crippen LogP contribution in [-0.4, -0.2) is 25.1 Å². The summed E-state index contributed by atoms with van der Waals surface area (Å²) in [6.07, 6.45) is 4.59. The number of aromatic nitrogens is 4. The molecule has 4 heterocycles. The number of nitrogens with one attached hydrogen (secondary N) is 1. The smallest absolute Gasteiger partial charge is 0.267 e. The third kappa shape index (κ3) is 3.05. The van der Waals surface area contributed by atoms with Gasteiger partial charge in [-0.05, 0) is 55.3 Å². The summed E-state index contributed by atoms with van der Waals surface area (Å²) in [5.41, 5.74) is 3.12. The van der Waals surface area contributed by atoms with Crippen molar-refractivity contribution >= 4 is 28.7 Å². The van der Waals surface area contributed by atoms with Crippen LogP contribution in [0.3, 0.4) is 0 Å². The summed E-state index contributed by atoms with van der Waals surface area (Å²) in [7, 11) is 0. The second-order valence-corrected chi connectivity index (χ2v) is 8.08. The Hall–Kier alpha value is -3.26. The molecule has 7 nitrogen and oxygen atoms in total. The van der Waals surface area contributed by atoms with Gasteiger partial charge in [-0.1, -0.05) is 12.1 Å². The largest absolute Gasteiger partial charge is 0.308 e. The van der Waals surface area contributed by atoms with E-state index >= 15 is 0 Å². The molecule has 1 N–H and O–H groups in total. The van der Waals surface area contributed by atoms with E-state index in [9.17, 15) is 9.59 Å². The van der Waals surface area contributed by atoms with Gasteiger partial charge in [0.25, 0.3) is 5.56 Å². The van der Waals surface area contributed by atoms with Gasteiger partial charge < -0.3 is 5.32 Å². The SMILES string of the molecule is CC(C(=O)Nc1c(-c2cccs2)nc2ccccn12)n1nc2c(cc1=O)CCC2. The predicted octanol–water partition coefficient (Wildman–Crippen LogP) is 3.31. The fraction of sp³-hybridized carbons (Fsp3) is 0.238. The summed E-state index contributed by atoms with van der Waals surface area (Å²) < 4.78 is 3.13. The van der Waals surface area contributed by atoms with E-state index in [1.165, 1.54) is 4.68 Å².